The number of nitrogens with one attached hydrogen (secondary N) is 4. The molecule has 0 aromatic heterocycles. The summed E-state index contributed by atoms with van der Waals surface area (Å²) in [5, 5.41) is 20.7. The van der Waals surface area contributed by atoms with E-state index in [0.717, 1.165) is 5.56 Å². The third-order valence-electron chi connectivity index (χ3n) is 9.35. The average molecular weight is 764 g/mol. The number of rotatable bonds is 21. The highest BCUT2D eigenvalue weighted by Gasteiger charge is 2.39. The standard InChI is InChI=1S/C40H57N7O8/c1-24(2)20-30(44-35(49)28(41)22-26-12-7-5-8-13-26)36(50)45-31(21-25(3)4)37(51)46-32(23-27-14-9-6-10-15-27)38(52)43-29(17-18-34(42)48)39(53)47-19-11-16-33(47)40(54)55/h5-10,12-15,24-25,28-33H,11,16-23,41H2,1-4H3,(H2,42,48)(H,43,52)(H,44,49)(H,45,50)(H,46,51)(H,54,55)/t28-,29-,30-,31-,32-,33-/m0/s1. The van der Waals surface area contributed by atoms with E-state index in [2.05, 4.69) is 21.3 Å². The van der Waals surface area contributed by atoms with Gasteiger partial charge in [0.25, 0.3) is 0 Å². The molecule has 15 heteroatoms. The Morgan fingerprint density at radius 2 is 1.15 bits per heavy atom. The molecule has 6 atom stereocenters. The number of benzene rings is 2. The van der Waals surface area contributed by atoms with Gasteiger partial charge in [0.05, 0.1) is 6.04 Å². The van der Waals surface area contributed by atoms with Crippen LogP contribution in [-0.4, -0.2) is 94.2 Å². The first-order chi connectivity index (χ1) is 26.0. The number of hydrogen-bond acceptors (Lipinski definition) is 8. The number of carboxylic acid groups (broad SMARTS) is 1. The second-order valence-corrected chi connectivity index (χ2v) is 15.0. The van der Waals surface area contributed by atoms with Crippen molar-refractivity contribution in [3.05, 3.63) is 71.8 Å². The number of amides is 6. The number of nitrogens with zero attached hydrogens (tertiary/aromatic N) is 1. The summed E-state index contributed by atoms with van der Waals surface area (Å²) in [5.74, 6) is -5.17. The molecular formula is C40H57N7O8. The molecule has 2 aromatic carbocycles. The fourth-order valence-electron chi connectivity index (χ4n) is 6.55. The number of likely N-dealkylation sites (tertiary alicyclic amines) is 1. The topological polar surface area (TPSA) is 243 Å². The van der Waals surface area contributed by atoms with Gasteiger partial charge in [0.1, 0.15) is 30.2 Å². The van der Waals surface area contributed by atoms with Gasteiger partial charge in [0.15, 0.2) is 0 Å². The number of hydrogen-bond donors (Lipinski definition) is 7. The average Bonchev–Trinajstić information content (AvgIpc) is 3.63. The van der Waals surface area contributed by atoms with E-state index in [1.807, 2.05) is 58.0 Å². The van der Waals surface area contributed by atoms with Crippen molar-refractivity contribution in [3.8, 4) is 0 Å². The number of nitrogens with two attached hydrogens (primary N) is 2. The molecule has 0 aliphatic carbocycles. The second-order valence-electron chi connectivity index (χ2n) is 15.0. The minimum absolute atomic E-state index is 0.00425. The zero-order chi connectivity index (χ0) is 40.7. The van der Waals surface area contributed by atoms with Crippen LogP contribution in [0.5, 0.6) is 0 Å². The minimum Gasteiger partial charge on any atom is -0.480 e. The first-order valence-corrected chi connectivity index (χ1v) is 18.9. The van der Waals surface area contributed by atoms with Crippen LogP contribution in [0, 0.1) is 11.8 Å². The molecule has 0 radical (unpaired) electrons. The van der Waals surface area contributed by atoms with E-state index in [4.69, 9.17) is 11.5 Å². The van der Waals surface area contributed by atoms with Gasteiger partial charge < -0.3 is 42.7 Å². The number of carboxylic acids is 1. The van der Waals surface area contributed by atoms with Gasteiger partial charge in [-0.05, 0) is 61.5 Å². The van der Waals surface area contributed by atoms with E-state index in [1.54, 1.807) is 30.3 Å². The molecule has 3 rings (SSSR count). The van der Waals surface area contributed by atoms with Gasteiger partial charge in [-0.25, -0.2) is 4.79 Å². The van der Waals surface area contributed by atoms with Gasteiger partial charge in [0.2, 0.25) is 35.4 Å². The van der Waals surface area contributed by atoms with Crippen molar-refractivity contribution in [1.29, 1.82) is 0 Å². The zero-order valence-corrected chi connectivity index (χ0v) is 32.2. The first kappa shape index (κ1) is 44.1. The third kappa shape index (κ3) is 14.5. The van der Waals surface area contributed by atoms with Crippen molar-refractivity contribution < 1.29 is 38.7 Å². The Morgan fingerprint density at radius 3 is 1.64 bits per heavy atom. The lowest BCUT2D eigenvalue weighted by Gasteiger charge is -2.30. The van der Waals surface area contributed by atoms with Crippen molar-refractivity contribution >= 4 is 41.4 Å². The minimum atomic E-state index is -1.30. The lowest BCUT2D eigenvalue weighted by Crippen LogP contribution is -2.60. The van der Waals surface area contributed by atoms with Crippen LogP contribution >= 0.6 is 0 Å². The van der Waals surface area contributed by atoms with Crippen LogP contribution in [-0.2, 0) is 46.4 Å². The highest BCUT2D eigenvalue weighted by atomic mass is 16.4. The summed E-state index contributed by atoms with van der Waals surface area (Å²) in [4.78, 5) is 93.4. The maximum absolute atomic E-state index is 14.0. The highest BCUT2D eigenvalue weighted by molar-refractivity contribution is 5.96. The fourth-order valence-corrected chi connectivity index (χ4v) is 6.55. The zero-order valence-electron chi connectivity index (χ0n) is 32.2. The number of primary amides is 1. The molecule has 6 amide bonds. The molecular weight excluding hydrogens is 706 g/mol. The van der Waals surface area contributed by atoms with Gasteiger partial charge in [-0.3, -0.25) is 28.8 Å². The summed E-state index contributed by atoms with van der Waals surface area (Å²) >= 11 is 0. The van der Waals surface area contributed by atoms with Crippen LogP contribution in [0.4, 0.5) is 0 Å². The van der Waals surface area contributed by atoms with E-state index in [0.29, 0.717) is 12.0 Å². The van der Waals surface area contributed by atoms with Gasteiger partial charge in [0, 0.05) is 19.4 Å². The summed E-state index contributed by atoms with van der Waals surface area (Å²) in [6.07, 6.45) is 0.990. The quantitative estimate of drug-likeness (QED) is 0.0964. The summed E-state index contributed by atoms with van der Waals surface area (Å²) in [6, 6.07) is 11.4. The molecule has 1 fully saturated rings. The summed E-state index contributed by atoms with van der Waals surface area (Å²) < 4.78 is 0. The molecule has 55 heavy (non-hydrogen) atoms. The smallest absolute Gasteiger partial charge is 0.326 e. The van der Waals surface area contributed by atoms with E-state index in [1.165, 1.54) is 4.90 Å². The fraction of sp³-hybridized carbons (Fsp3) is 0.525. The Balaban J connectivity index is 1.84. The molecule has 300 valence electrons. The van der Waals surface area contributed by atoms with Crippen LogP contribution in [0.2, 0.25) is 0 Å². The summed E-state index contributed by atoms with van der Waals surface area (Å²) in [5.41, 5.74) is 13.1. The van der Waals surface area contributed by atoms with Crippen molar-refractivity contribution in [3.63, 3.8) is 0 Å². The molecule has 0 saturated carbocycles. The predicted molar refractivity (Wildman–Crippen MR) is 206 cm³/mol. The molecule has 15 nitrogen and oxygen atoms in total. The van der Waals surface area contributed by atoms with E-state index in [-0.39, 0.29) is 63.3 Å². The monoisotopic (exact) mass is 763 g/mol. The van der Waals surface area contributed by atoms with Crippen LogP contribution in [0.3, 0.4) is 0 Å². The van der Waals surface area contributed by atoms with Crippen LogP contribution in [0.15, 0.2) is 60.7 Å². The molecule has 1 saturated heterocycles. The van der Waals surface area contributed by atoms with Gasteiger partial charge in [-0.2, -0.15) is 0 Å². The van der Waals surface area contributed by atoms with Crippen LogP contribution < -0.4 is 32.7 Å². The van der Waals surface area contributed by atoms with Gasteiger partial charge in [-0.15, -0.1) is 0 Å². The first-order valence-electron chi connectivity index (χ1n) is 18.9. The Labute approximate surface area is 322 Å². The van der Waals surface area contributed by atoms with Crippen molar-refractivity contribution in [2.75, 3.05) is 6.54 Å². The lowest BCUT2D eigenvalue weighted by atomic mass is 9.98. The van der Waals surface area contributed by atoms with Crippen molar-refractivity contribution in [2.24, 2.45) is 23.3 Å². The Kier molecular flexibility index (Phi) is 17.3. The van der Waals surface area contributed by atoms with Crippen LogP contribution in [0.1, 0.15) is 77.3 Å². The van der Waals surface area contributed by atoms with Gasteiger partial charge >= 0.3 is 5.97 Å². The summed E-state index contributed by atoms with van der Waals surface area (Å²) in [6.45, 7) is 7.70. The molecule has 2 aromatic rings. The number of carbonyl (C=O) groups excluding carboxylic acids is 6. The molecule has 9 N–H and O–H groups in total. The Morgan fingerprint density at radius 1 is 0.691 bits per heavy atom. The van der Waals surface area contributed by atoms with E-state index >= 15 is 0 Å². The number of carbonyl (C=O) groups is 7. The van der Waals surface area contributed by atoms with Crippen molar-refractivity contribution in [1.82, 2.24) is 26.2 Å². The van der Waals surface area contributed by atoms with E-state index in [9.17, 15) is 38.7 Å². The number of aliphatic carboxylic acids is 1. The maximum Gasteiger partial charge on any atom is 0.326 e. The van der Waals surface area contributed by atoms with Crippen LogP contribution in [0.25, 0.3) is 0 Å². The SMILES string of the molecule is CC(C)C[C@H](NC(=O)[C@H](CC(C)C)NC(=O)[C@@H](N)Cc1ccccc1)C(=O)N[C@@H](Cc1ccccc1)C(=O)N[C@@H](CCC(N)=O)C(=O)N1CCC[C@H]1C(=O)O. The maximum atomic E-state index is 14.0. The van der Waals surface area contributed by atoms with E-state index < -0.39 is 77.7 Å². The molecule has 0 bridgehead atoms. The third-order valence-corrected chi connectivity index (χ3v) is 9.35. The predicted octanol–water partition coefficient (Wildman–Crippen LogP) is 1.17. The molecule has 0 spiro atoms. The molecule has 0 unspecified atom stereocenters. The lowest BCUT2D eigenvalue weighted by molar-refractivity contribution is -0.149. The Bertz CT molecular complexity index is 1620. The normalized spacial score (nSPS) is 16.7. The summed E-state index contributed by atoms with van der Waals surface area (Å²) in [7, 11) is 0. The van der Waals surface area contributed by atoms with Gasteiger partial charge in [-0.1, -0.05) is 88.4 Å². The molecule has 1 aliphatic heterocycles. The molecule has 1 heterocycles. The Hall–Kier alpha value is -5.31. The second kappa shape index (κ2) is 21.5. The molecule has 1 aliphatic rings. The largest absolute Gasteiger partial charge is 0.480 e. The van der Waals surface area contributed by atoms with Crippen molar-refractivity contribution in [2.45, 2.75) is 115 Å². The highest BCUT2D eigenvalue weighted by Crippen LogP contribution is 2.20.